The minimum Gasteiger partial charge on any atom is -0.315 e. The highest BCUT2D eigenvalue weighted by Gasteiger charge is 2.16. The summed E-state index contributed by atoms with van der Waals surface area (Å²) in [5.74, 6) is 0.147. The average Bonchev–Trinajstić information content (AvgIpc) is 2.59. The Morgan fingerprint density at radius 2 is 1.82 bits per heavy atom. The summed E-state index contributed by atoms with van der Waals surface area (Å²) in [4.78, 5) is 14.1. The number of rotatable bonds is 3. The van der Waals surface area contributed by atoms with Crippen molar-refractivity contribution in [2.75, 3.05) is 45.8 Å². The normalized spacial score (nSPS) is 24.2. The van der Waals surface area contributed by atoms with Crippen molar-refractivity contribution in [3.8, 4) is 0 Å². The lowest BCUT2D eigenvalue weighted by Gasteiger charge is -2.28. The number of nitrogens with zero attached hydrogens (tertiary/aromatic N) is 2. The highest BCUT2D eigenvalue weighted by Crippen LogP contribution is 2.05. The van der Waals surface area contributed by atoms with Crippen molar-refractivity contribution in [2.24, 2.45) is 0 Å². The van der Waals surface area contributed by atoms with E-state index in [9.17, 15) is 4.79 Å². The van der Waals surface area contributed by atoms with Crippen LogP contribution < -0.4 is 10.7 Å². The molecule has 5 heteroatoms. The number of amides is 1. The van der Waals surface area contributed by atoms with E-state index >= 15 is 0 Å². The highest BCUT2D eigenvalue weighted by atomic mass is 16.2. The summed E-state index contributed by atoms with van der Waals surface area (Å²) >= 11 is 0. The number of nitrogens with one attached hydrogen (secondary N) is 2. The smallest absolute Gasteiger partial charge is 0.248 e. The van der Waals surface area contributed by atoms with Gasteiger partial charge in [-0.3, -0.25) is 15.1 Å². The SMILES string of the molecule is O=C(CN1CCCNCC1)NN1CCCCC1. The maximum atomic E-state index is 11.9. The van der Waals surface area contributed by atoms with Crippen LogP contribution in [0.1, 0.15) is 25.7 Å². The van der Waals surface area contributed by atoms with E-state index in [2.05, 4.69) is 20.7 Å². The molecule has 2 aliphatic heterocycles. The second-order valence-corrected chi connectivity index (χ2v) is 4.96. The maximum Gasteiger partial charge on any atom is 0.248 e. The molecule has 0 radical (unpaired) electrons. The average molecular weight is 240 g/mol. The minimum absolute atomic E-state index is 0.147. The molecule has 2 saturated heterocycles. The zero-order valence-electron chi connectivity index (χ0n) is 10.6. The third-order valence-corrected chi connectivity index (χ3v) is 3.44. The van der Waals surface area contributed by atoms with Crippen LogP contribution in [0.4, 0.5) is 0 Å². The van der Waals surface area contributed by atoms with Crippen LogP contribution in [0, 0.1) is 0 Å². The standard InChI is InChI=1S/C12H24N4O/c17-12(14-16-8-2-1-3-9-16)11-15-7-4-5-13-6-10-15/h13H,1-11H2,(H,14,17). The fraction of sp³-hybridized carbons (Fsp3) is 0.917. The quantitative estimate of drug-likeness (QED) is 0.717. The molecular weight excluding hydrogens is 216 g/mol. The fourth-order valence-corrected chi connectivity index (χ4v) is 2.48. The monoisotopic (exact) mass is 240 g/mol. The summed E-state index contributed by atoms with van der Waals surface area (Å²) in [6.07, 6.45) is 4.84. The van der Waals surface area contributed by atoms with Crippen molar-refractivity contribution in [1.29, 1.82) is 0 Å². The molecule has 0 aromatic heterocycles. The van der Waals surface area contributed by atoms with E-state index in [4.69, 9.17) is 0 Å². The van der Waals surface area contributed by atoms with Crippen LogP contribution in [0.5, 0.6) is 0 Å². The predicted molar refractivity (Wildman–Crippen MR) is 67.5 cm³/mol. The van der Waals surface area contributed by atoms with Crippen molar-refractivity contribution >= 4 is 5.91 Å². The molecule has 1 amide bonds. The Hall–Kier alpha value is -0.650. The molecule has 2 aliphatic rings. The summed E-state index contributed by atoms with van der Waals surface area (Å²) in [6, 6.07) is 0. The van der Waals surface area contributed by atoms with Crippen LogP contribution in [-0.4, -0.2) is 61.6 Å². The molecule has 0 aromatic carbocycles. The first kappa shape index (κ1) is 12.8. The van der Waals surface area contributed by atoms with Gasteiger partial charge in [0.1, 0.15) is 0 Å². The summed E-state index contributed by atoms with van der Waals surface area (Å²) < 4.78 is 0. The zero-order chi connectivity index (χ0) is 11.9. The van der Waals surface area contributed by atoms with Gasteiger partial charge in [0, 0.05) is 26.2 Å². The summed E-state index contributed by atoms with van der Waals surface area (Å²) in [5.41, 5.74) is 3.02. The van der Waals surface area contributed by atoms with Crippen LogP contribution in [0.2, 0.25) is 0 Å². The van der Waals surface area contributed by atoms with Gasteiger partial charge in [0.05, 0.1) is 6.54 Å². The first-order valence-electron chi connectivity index (χ1n) is 6.82. The summed E-state index contributed by atoms with van der Waals surface area (Å²) in [5, 5.41) is 5.42. The van der Waals surface area contributed by atoms with Crippen molar-refractivity contribution < 1.29 is 4.79 Å². The zero-order valence-corrected chi connectivity index (χ0v) is 10.6. The third-order valence-electron chi connectivity index (χ3n) is 3.44. The molecule has 0 spiro atoms. The van der Waals surface area contributed by atoms with E-state index in [1.165, 1.54) is 19.3 Å². The Bertz CT molecular complexity index is 233. The largest absolute Gasteiger partial charge is 0.315 e. The van der Waals surface area contributed by atoms with Gasteiger partial charge in [0.2, 0.25) is 5.91 Å². The van der Waals surface area contributed by atoms with Gasteiger partial charge < -0.3 is 5.32 Å². The molecule has 0 atom stereocenters. The van der Waals surface area contributed by atoms with Gasteiger partial charge in [0.25, 0.3) is 0 Å². The lowest BCUT2D eigenvalue weighted by molar-refractivity contribution is -0.127. The molecule has 2 heterocycles. The maximum absolute atomic E-state index is 11.9. The summed E-state index contributed by atoms with van der Waals surface area (Å²) in [6.45, 7) is 6.63. The van der Waals surface area contributed by atoms with Crippen LogP contribution in [0.25, 0.3) is 0 Å². The van der Waals surface area contributed by atoms with Gasteiger partial charge in [-0.15, -0.1) is 0 Å². The molecule has 5 nitrogen and oxygen atoms in total. The number of hydrazine groups is 1. The fourth-order valence-electron chi connectivity index (χ4n) is 2.48. The van der Waals surface area contributed by atoms with E-state index < -0.39 is 0 Å². The van der Waals surface area contributed by atoms with Crippen LogP contribution in [-0.2, 0) is 4.79 Å². The molecule has 0 saturated carbocycles. The van der Waals surface area contributed by atoms with Crippen LogP contribution in [0.15, 0.2) is 0 Å². The van der Waals surface area contributed by atoms with E-state index in [0.717, 1.165) is 45.7 Å². The number of hydrogen-bond acceptors (Lipinski definition) is 4. The van der Waals surface area contributed by atoms with Crippen LogP contribution >= 0.6 is 0 Å². The molecule has 0 bridgehead atoms. The van der Waals surface area contributed by atoms with Gasteiger partial charge in [-0.1, -0.05) is 6.42 Å². The van der Waals surface area contributed by atoms with Gasteiger partial charge >= 0.3 is 0 Å². The molecule has 0 unspecified atom stereocenters. The van der Waals surface area contributed by atoms with Gasteiger partial charge in [-0.25, -0.2) is 5.01 Å². The van der Waals surface area contributed by atoms with Gasteiger partial charge in [-0.2, -0.15) is 0 Å². The second-order valence-electron chi connectivity index (χ2n) is 4.96. The second kappa shape index (κ2) is 6.93. The Balaban J connectivity index is 1.68. The lowest BCUT2D eigenvalue weighted by Crippen LogP contribution is -2.49. The molecule has 98 valence electrons. The van der Waals surface area contributed by atoms with E-state index in [1.54, 1.807) is 0 Å². The minimum atomic E-state index is 0.147. The lowest BCUT2D eigenvalue weighted by atomic mass is 10.2. The number of piperidine rings is 1. The molecule has 2 rings (SSSR count). The molecule has 2 fully saturated rings. The first-order valence-corrected chi connectivity index (χ1v) is 6.82. The van der Waals surface area contributed by atoms with E-state index in [0.29, 0.717) is 6.54 Å². The van der Waals surface area contributed by atoms with Crippen molar-refractivity contribution in [3.05, 3.63) is 0 Å². The van der Waals surface area contributed by atoms with Crippen molar-refractivity contribution in [3.63, 3.8) is 0 Å². The van der Waals surface area contributed by atoms with E-state index in [1.807, 2.05) is 0 Å². The van der Waals surface area contributed by atoms with Crippen LogP contribution in [0.3, 0.4) is 0 Å². The van der Waals surface area contributed by atoms with E-state index in [-0.39, 0.29) is 5.91 Å². The number of carbonyl (C=O) groups is 1. The Morgan fingerprint density at radius 3 is 2.65 bits per heavy atom. The Kier molecular flexibility index (Phi) is 5.22. The van der Waals surface area contributed by atoms with Crippen molar-refractivity contribution in [1.82, 2.24) is 20.7 Å². The van der Waals surface area contributed by atoms with Gasteiger partial charge in [0.15, 0.2) is 0 Å². The predicted octanol–water partition coefficient (Wildman–Crippen LogP) is -0.201. The third kappa shape index (κ3) is 4.61. The Morgan fingerprint density at radius 1 is 1.00 bits per heavy atom. The molecular formula is C12H24N4O. The molecule has 17 heavy (non-hydrogen) atoms. The Labute approximate surface area is 103 Å². The number of carbonyl (C=O) groups excluding carboxylic acids is 1. The first-order chi connectivity index (χ1) is 8.34. The molecule has 0 aliphatic carbocycles. The number of hydrogen-bond donors (Lipinski definition) is 2. The summed E-state index contributed by atoms with van der Waals surface area (Å²) in [7, 11) is 0. The highest BCUT2D eigenvalue weighted by molar-refractivity contribution is 5.77. The van der Waals surface area contributed by atoms with Gasteiger partial charge in [-0.05, 0) is 32.4 Å². The molecule has 0 aromatic rings. The molecule has 2 N–H and O–H groups in total. The topological polar surface area (TPSA) is 47.6 Å². The van der Waals surface area contributed by atoms with Crippen molar-refractivity contribution in [2.45, 2.75) is 25.7 Å².